The highest BCUT2D eigenvalue weighted by molar-refractivity contribution is 7.91. The summed E-state index contributed by atoms with van der Waals surface area (Å²) in [6, 6.07) is 16.2. The van der Waals surface area contributed by atoms with Crippen LogP contribution in [0.15, 0.2) is 54.6 Å². The van der Waals surface area contributed by atoms with Gasteiger partial charge in [0.1, 0.15) is 5.75 Å². The van der Waals surface area contributed by atoms with Gasteiger partial charge in [-0.15, -0.1) is 0 Å². The molecule has 144 valence electrons. The first-order valence-corrected chi connectivity index (χ1v) is 10.9. The van der Waals surface area contributed by atoms with E-state index in [4.69, 9.17) is 4.74 Å². The van der Waals surface area contributed by atoms with Crippen molar-refractivity contribution < 1.29 is 17.9 Å². The van der Waals surface area contributed by atoms with Crippen molar-refractivity contribution in [2.24, 2.45) is 0 Å². The summed E-state index contributed by atoms with van der Waals surface area (Å²) >= 11 is 0. The van der Waals surface area contributed by atoms with E-state index in [1.165, 1.54) is 0 Å². The lowest BCUT2D eigenvalue weighted by atomic mass is 10.1. The second-order valence-corrected chi connectivity index (χ2v) is 9.34. The van der Waals surface area contributed by atoms with Gasteiger partial charge in [0.25, 0.3) is 5.91 Å². The predicted molar refractivity (Wildman–Crippen MR) is 106 cm³/mol. The van der Waals surface area contributed by atoms with Crippen molar-refractivity contribution in [1.82, 2.24) is 4.90 Å². The maximum Gasteiger partial charge on any atom is 0.253 e. The second-order valence-electron chi connectivity index (χ2n) is 7.04. The van der Waals surface area contributed by atoms with E-state index in [-0.39, 0.29) is 24.3 Å². The minimum atomic E-state index is -3.30. The van der Waals surface area contributed by atoms with Crippen molar-refractivity contribution >= 4 is 15.7 Å². The lowest BCUT2D eigenvalue weighted by molar-refractivity contribution is 0.0766. The van der Waals surface area contributed by atoms with Gasteiger partial charge in [0.2, 0.25) is 0 Å². The van der Waals surface area contributed by atoms with Gasteiger partial charge in [-0.1, -0.05) is 30.3 Å². The molecule has 1 heterocycles. The predicted octanol–water partition coefficient (Wildman–Crippen LogP) is 3.48. The summed E-state index contributed by atoms with van der Waals surface area (Å²) in [6.07, 6.45) is 0.476. The lowest BCUT2D eigenvalue weighted by Gasteiger charge is -2.20. The molecule has 1 amide bonds. The van der Waals surface area contributed by atoms with Gasteiger partial charge in [-0.25, -0.2) is 8.42 Å². The maximum absolute atomic E-state index is 12.8. The third-order valence-electron chi connectivity index (χ3n) is 4.67. The van der Waals surface area contributed by atoms with Crippen LogP contribution in [0, 0.1) is 0 Å². The van der Waals surface area contributed by atoms with Crippen LogP contribution in [0.1, 0.15) is 41.4 Å². The first kappa shape index (κ1) is 19.4. The number of rotatable bonds is 4. The Morgan fingerprint density at radius 2 is 1.70 bits per heavy atom. The molecule has 0 aliphatic carbocycles. The zero-order valence-corrected chi connectivity index (χ0v) is 16.5. The summed E-state index contributed by atoms with van der Waals surface area (Å²) in [6.45, 7) is 4.52. The Balaban J connectivity index is 1.74. The molecule has 0 N–H and O–H groups in total. The van der Waals surface area contributed by atoms with E-state index in [1.807, 2.05) is 44.2 Å². The van der Waals surface area contributed by atoms with Crippen LogP contribution in [0.25, 0.3) is 0 Å². The third-order valence-corrected chi connectivity index (χ3v) is 6.80. The summed E-state index contributed by atoms with van der Waals surface area (Å²) in [5.74, 6) is 0.548. The van der Waals surface area contributed by atoms with Gasteiger partial charge in [0, 0.05) is 18.7 Å². The van der Waals surface area contributed by atoms with Crippen LogP contribution in [0.3, 0.4) is 0 Å². The number of hydrogen-bond donors (Lipinski definition) is 0. The van der Waals surface area contributed by atoms with Crippen molar-refractivity contribution in [2.45, 2.75) is 31.6 Å². The molecule has 1 aliphatic rings. The molecule has 1 atom stereocenters. The second kappa shape index (κ2) is 8.13. The summed E-state index contributed by atoms with van der Waals surface area (Å²) in [5, 5.41) is -0.557. The zero-order chi connectivity index (χ0) is 19.4. The molecule has 0 spiro atoms. The molecule has 1 unspecified atom stereocenters. The van der Waals surface area contributed by atoms with Gasteiger partial charge in [-0.05, 0) is 50.1 Å². The topological polar surface area (TPSA) is 63.7 Å². The van der Waals surface area contributed by atoms with Crippen molar-refractivity contribution in [3.63, 3.8) is 0 Å². The fourth-order valence-corrected chi connectivity index (χ4v) is 5.12. The minimum Gasteiger partial charge on any atom is -0.491 e. The van der Waals surface area contributed by atoms with Crippen molar-refractivity contribution in [3.05, 3.63) is 65.7 Å². The molecule has 1 fully saturated rings. The summed E-state index contributed by atoms with van der Waals surface area (Å²) in [7, 11) is -3.30. The molecule has 0 aromatic heterocycles. The Hall–Kier alpha value is -2.34. The number of amides is 1. The van der Waals surface area contributed by atoms with Crippen molar-refractivity contribution in [2.75, 3.05) is 18.8 Å². The molecule has 6 heteroatoms. The SMILES string of the molecule is CC(C)Oc1ccc(C(=O)N2CCC(c3ccccc3)S(=O)(=O)CC2)cc1. The van der Waals surface area contributed by atoms with Crippen LogP contribution < -0.4 is 4.74 Å². The molecule has 1 saturated heterocycles. The van der Waals surface area contributed by atoms with Gasteiger partial charge >= 0.3 is 0 Å². The van der Waals surface area contributed by atoms with E-state index >= 15 is 0 Å². The van der Waals surface area contributed by atoms with Gasteiger partial charge in [0.15, 0.2) is 9.84 Å². The Bertz CT molecular complexity index is 876. The van der Waals surface area contributed by atoms with E-state index in [0.29, 0.717) is 24.3 Å². The highest BCUT2D eigenvalue weighted by Crippen LogP contribution is 2.29. The molecule has 2 aromatic carbocycles. The van der Waals surface area contributed by atoms with Gasteiger partial charge < -0.3 is 9.64 Å². The number of carbonyl (C=O) groups is 1. The number of ether oxygens (including phenoxy) is 1. The van der Waals surface area contributed by atoms with Crippen LogP contribution in [0.5, 0.6) is 5.75 Å². The van der Waals surface area contributed by atoms with E-state index in [1.54, 1.807) is 29.2 Å². The molecule has 0 bridgehead atoms. The fraction of sp³-hybridized carbons (Fsp3) is 0.381. The summed E-state index contributed by atoms with van der Waals surface area (Å²) in [4.78, 5) is 14.5. The Kier molecular flexibility index (Phi) is 5.85. The number of benzene rings is 2. The summed E-state index contributed by atoms with van der Waals surface area (Å²) < 4.78 is 31.0. The quantitative estimate of drug-likeness (QED) is 0.806. The highest BCUT2D eigenvalue weighted by Gasteiger charge is 2.32. The molecule has 3 rings (SSSR count). The Labute approximate surface area is 160 Å². The molecule has 5 nitrogen and oxygen atoms in total. The molecule has 0 radical (unpaired) electrons. The standard InChI is InChI=1S/C21H25NO4S/c1-16(2)26-19-10-8-18(9-11-19)21(23)22-13-12-20(27(24,25)15-14-22)17-6-4-3-5-7-17/h3-11,16,20H,12-15H2,1-2H3. The summed E-state index contributed by atoms with van der Waals surface area (Å²) in [5.41, 5.74) is 1.34. The van der Waals surface area contributed by atoms with Gasteiger partial charge in [-0.2, -0.15) is 0 Å². The molecular weight excluding hydrogens is 362 g/mol. The van der Waals surface area contributed by atoms with Gasteiger partial charge in [-0.3, -0.25) is 4.79 Å². The average molecular weight is 388 g/mol. The third kappa shape index (κ3) is 4.69. The van der Waals surface area contributed by atoms with Crippen molar-refractivity contribution in [1.29, 1.82) is 0 Å². The van der Waals surface area contributed by atoms with E-state index < -0.39 is 15.1 Å². The van der Waals surface area contributed by atoms with Crippen LogP contribution in [-0.4, -0.2) is 44.2 Å². The monoisotopic (exact) mass is 387 g/mol. The Morgan fingerprint density at radius 1 is 1.04 bits per heavy atom. The first-order chi connectivity index (χ1) is 12.9. The molecule has 1 aliphatic heterocycles. The van der Waals surface area contributed by atoms with E-state index in [9.17, 15) is 13.2 Å². The highest BCUT2D eigenvalue weighted by atomic mass is 32.2. The molecular formula is C21H25NO4S. The molecule has 27 heavy (non-hydrogen) atoms. The van der Waals surface area contributed by atoms with Gasteiger partial charge in [0.05, 0.1) is 17.1 Å². The van der Waals surface area contributed by atoms with E-state index in [0.717, 1.165) is 5.56 Å². The lowest BCUT2D eigenvalue weighted by Crippen LogP contribution is -2.33. The van der Waals surface area contributed by atoms with Crippen LogP contribution >= 0.6 is 0 Å². The average Bonchev–Trinajstić information content (AvgIpc) is 2.80. The zero-order valence-electron chi connectivity index (χ0n) is 15.7. The van der Waals surface area contributed by atoms with E-state index in [2.05, 4.69) is 0 Å². The number of nitrogens with zero attached hydrogens (tertiary/aromatic N) is 1. The van der Waals surface area contributed by atoms with Crippen LogP contribution in [0.2, 0.25) is 0 Å². The normalized spacial score (nSPS) is 19.5. The minimum absolute atomic E-state index is 0.0210. The van der Waals surface area contributed by atoms with Crippen LogP contribution in [0.4, 0.5) is 0 Å². The largest absolute Gasteiger partial charge is 0.491 e. The first-order valence-electron chi connectivity index (χ1n) is 9.19. The number of hydrogen-bond acceptors (Lipinski definition) is 4. The van der Waals surface area contributed by atoms with Crippen molar-refractivity contribution in [3.8, 4) is 5.75 Å². The maximum atomic E-state index is 12.8. The smallest absolute Gasteiger partial charge is 0.253 e. The molecule has 0 saturated carbocycles. The Morgan fingerprint density at radius 3 is 2.33 bits per heavy atom. The van der Waals surface area contributed by atoms with Crippen LogP contribution in [-0.2, 0) is 9.84 Å². The fourth-order valence-electron chi connectivity index (χ4n) is 3.32. The molecule has 2 aromatic rings. The number of sulfone groups is 1. The number of carbonyl (C=O) groups excluding carboxylic acids is 1.